The van der Waals surface area contributed by atoms with Gasteiger partial charge in [-0.3, -0.25) is 4.79 Å². The molecule has 0 spiro atoms. The van der Waals surface area contributed by atoms with E-state index in [1.165, 1.54) is 12.1 Å². The molecule has 0 aliphatic carbocycles. The van der Waals surface area contributed by atoms with Crippen molar-refractivity contribution in [2.24, 2.45) is 0 Å². The van der Waals surface area contributed by atoms with E-state index in [1.54, 1.807) is 43.6 Å². The van der Waals surface area contributed by atoms with Gasteiger partial charge in [-0.25, -0.2) is 20.2 Å². The predicted molar refractivity (Wildman–Crippen MR) is 113 cm³/mol. The number of methoxy groups -OCH3 is 1. The molecule has 31 heavy (non-hydrogen) atoms. The molecule has 2 unspecified atom stereocenters. The number of halogens is 1. The van der Waals surface area contributed by atoms with Crippen LogP contribution in [0.25, 0.3) is 0 Å². The number of benzene rings is 2. The van der Waals surface area contributed by atoms with E-state index in [2.05, 4.69) is 21.2 Å². The highest BCUT2D eigenvalue weighted by Crippen LogP contribution is 2.23. The number of ether oxygens (including phenoxy) is 2. The maximum atomic E-state index is 13.1. The monoisotopic (exact) mass is 422 g/mol. The van der Waals surface area contributed by atoms with Gasteiger partial charge in [0.05, 0.1) is 7.11 Å². The molecule has 0 radical (unpaired) electrons. The van der Waals surface area contributed by atoms with Gasteiger partial charge in [0, 0.05) is 24.8 Å². The first-order chi connectivity index (χ1) is 15.1. The highest BCUT2D eigenvalue weighted by Gasteiger charge is 2.29. The first kappa shape index (κ1) is 20.8. The Labute approximate surface area is 179 Å². The van der Waals surface area contributed by atoms with E-state index in [1.807, 2.05) is 18.2 Å². The maximum Gasteiger partial charge on any atom is 0.238 e. The van der Waals surface area contributed by atoms with Crippen molar-refractivity contribution in [3.8, 4) is 17.4 Å². The van der Waals surface area contributed by atoms with Gasteiger partial charge in [-0.15, -0.1) is 0 Å². The lowest BCUT2D eigenvalue weighted by molar-refractivity contribution is -0.123. The number of carbonyl (C=O) groups excluding carboxylic acids is 1. The van der Waals surface area contributed by atoms with Crippen LogP contribution in [0.2, 0.25) is 0 Å². The molecule has 7 nitrogen and oxygen atoms in total. The molecule has 1 amide bonds. The Bertz CT molecular complexity index is 1010. The van der Waals surface area contributed by atoms with Crippen LogP contribution in [0.15, 0.2) is 66.9 Å². The third-order valence-corrected chi connectivity index (χ3v) is 5.04. The van der Waals surface area contributed by atoms with Crippen LogP contribution in [0.5, 0.6) is 17.4 Å². The van der Waals surface area contributed by atoms with E-state index in [4.69, 9.17) is 9.47 Å². The van der Waals surface area contributed by atoms with Crippen LogP contribution in [-0.2, 0) is 11.3 Å². The highest BCUT2D eigenvalue weighted by molar-refractivity contribution is 5.82. The predicted octanol–water partition coefficient (Wildman–Crippen LogP) is 3.25. The summed E-state index contributed by atoms with van der Waals surface area (Å²) in [4.78, 5) is 16.8. The number of pyridine rings is 1. The number of hydrogen-bond donors (Lipinski definition) is 3. The molecule has 160 valence electrons. The van der Waals surface area contributed by atoms with Crippen LogP contribution in [-0.4, -0.2) is 24.0 Å². The van der Waals surface area contributed by atoms with E-state index >= 15 is 0 Å². The molecule has 1 aliphatic rings. The van der Waals surface area contributed by atoms with Crippen molar-refractivity contribution in [1.29, 1.82) is 0 Å². The van der Waals surface area contributed by atoms with Gasteiger partial charge < -0.3 is 14.8 Å². The summed E-state index contributed by atoms with van der Waals surface area (Å²) in [6.45, 7) is 0.355. The molecule has 2 atom stereocenters. The molecule has 0 bridgehead atoms. The lowest BCUT2D eigenvalue weighted by Gasteiger charge is -2.11. The summed E-state index contributed by atoms with van der Waals surface area (Å²) in [5.41, 5.74) is 7.88. The molecule has 1 aliphatic heterocycles. The number of carbonyl (C=O) groups is 1. The molecule has 4 rings (SSSR count). The molecule has 1 fully saturated rings. The Hall–Kier alpha value is -3.49. The number of nitrogens with zero attached hydrogens (tertiary/aromatic N) is 1. The quantitative estimate of drug-likeness (QED) is 0.542. The zero-order chi connectivity index (χ0) is 21.6. The third kappa shape index (κ3) is 5.36. The van der Waals surface area contributed by atoms with Crippen molar-refractivity contribution in [3.05, 3.63) is 83.8 Å². The van der Waals surface area contributed by atoms with Crippen LogP contribution in [0.1, 0.15) is 23.6 Å². The molecule has 1 saturated heterocycles. The zero-order valence-electron chi connectivity index (χ0n) is 17.0. The van der Waals surface area contributed by atoms with Gasteiger partial charge in [0.15, 0.2) is 0 Å². The van der Waals surface area contributed by atoms with E-state index in [9.17, 15) is 9.18 Å². The largest absolute Gasteiger partial charge is 0.497 e. The summed E-state index contributed by atoms with van der Waals surface area (Å²) in [5, 5.41) is 2.91. The van der Waals surface area contributed by atoms with Gasteiger partial charge in [-0.05, 0) is 53.9 Å². The molecular weight excluding hydrogens is 399 g/mol. The minimum absolute atomic E-state index is 0.0487. The number of hydrazine groups is 1. The first-order valence-electron chi connectivity index (χ1n) is 9.92. The van der Waals surface area contributed by atoms with Gasteiger partial charge in [-0.1, -0.05) is 18.2 Å². The summed E-state index contributed by atoms with van der Waals surface area (Å²) >= 11 is 0. The summed E-state index contributed by atoms with van der Waals surface area (Å²) < 4.78 is 23.9. The Morgan fingerprint density at radius 2 is 1.81 bits per heavy atom. The first-order valence-corrected chi connectivity index (χ1v) is 9.92. The maximum absolute atomic E-state index is 13.1. The Morgan fingerprint density at radius 1 is 1.06 bits per heavy atom. The number of rotatable bonds is 7. The van der Waals surface area contributed by atoms with Gasteiger partial charge >= 0.3 is 0 Å². The average Bonchev–Trinajstić information content (AvgIpc) is 3.30. The number of aromatic nitrogens is 1. The molecule has 2 aromatic carbocycles. The summed E-state index contributed by atoms with van der Waals surface area (Å²) in [6, 6.07) is 16.7. The van der Waals surface area contributed by atoms with Crippen molar-refractivity contribution >= 4 is 5.91 Å². The second kappa shape index (κ2) is 9.55. The van der Waals surface area contributed by atoms with Gasteiger partial charge in [0.1, 0.15) is 23.4 Å². The van der Waals surface area contributed by atoms with Crippen LogP contribution in [0, 0.1) is 5.82 Å². The molecular formula is C23H23FN4O3. The van der Waals surface area contributed by atoms with E-state index in [-0.39, 0.29) is 23.8 Å². The minimum Gasteiger partial charge on any atom is -0.497 e. The Balaban J connectivity index is 1.26. The smallest absolute Gasteiger partial charge is 0.238 e. The fourth-order valence-corrected chi connectivity index (χ4v) is 3.29. The summed E-state index contributed by atoms with van der Waals surface area (Å²) in [6.07, 6.45) is 2.24. The number of amides is 1. The van der Waals surface area contributed by atoms with Gasteiger partial charge in [0.2, 0.25) is 11.8 Å². The van der Waals surface area contributed by atoms with Crippen LogP contribution < -0.4 is 25.6 Å². The van der Waals surface area contributed by atoms with Gasteiger partial charge in [0.25, 0.3) is 0 Å². The number of hydrogen-bond acceptors (Lipinski definition) is 6. The molecule has 8 heteroatoms. The molecule has 1 aromatic heterocycles. The van der Waals surface area contributed by atoms with E-state index in [0.29, 0.717) is 24.6 Å². The SMILES string of the molecule is COc1ccc(Oc2ccc(CNC(=O)C3CC(c4ccc(F)cc4)NN3)cn2)cc1. The Kier molecular flexibility index (Phi) is 6.40. The summed E-state index contributed by atoms with van der Waals surface area (Å²) in [5.74, 6) is 1.48. The minimum atomic E-state index is -0.374. The second-order valence-electron chi connectivity index (χ2n) is 7.18. The van der Waals surface area contributed by atoms with Crippen LogP contribution in [0.4, 0.5) is 4.39 Å². The Morgan fingerprint density at radius 3 is 2.48 bits per heavy atom. The van der Waals surface area contributed by atoms with Crippen molar-refractivity contribution in [3.63, 3.8) is 0 Å². The van der Waals surface area contributed by atoms with Crippen molar-refractivity contribution < 1.29 is 18.7 Å². The lowest BCUT2D eigenvalue weighted by Crippen LogP contribution is -2.42. The molecule has 2 heterocycles. The molecule has 0 saturated carbocycles. The number of nitrogens with one attached hydrogen (secondary N) is 3. The lowest BCUT2D eigenvalue weighted by atomic mass is 10.0. The molecule has 3 N–H and O–H groups in total. The van der Waals surface area contributed by atoms with Gasteiger partial charge in [-0.2, -0.15) is 0 Å². The average molecular weight is 422 g/mol. The van der Waals surface area contributed by atoms with Crippen LogP contribution >= 0.6 is 0 Å². The van der Waals surface area contributed by atoms with Crippen molar-refractivity contribution in [1.82, 2.24) is 21.2 Å². The molecule has 3 aromatic rings. The van der Waals surface area contributed by atoms with Crippen molar-refractivity contribution in [2.45, 2.75) is 25.0 Å². The normalized spacial score (nSPS) is 17.9. The highest BCUT2D eigenvalue weighted by atomic mass is 19.1. The fraction of sp³-hybridized carbons (Fsp3) is 0.217. The standard InChI is InChI=1S/C23H23FN4O3/c1-30-18-7-9-19(10-8-18)31-22-11-2-15(13-25-22)14-26-23(29)21-12-20(27-28-21)16-3-5-17(24)6-4-16/h2-11,13,20-21,27-28H,12,14H2,1H3,(H,26,29). The fourth-order valence-electron chi connectivity index (χ4n) is 3.29. The summed E-state index contributed by atoms with van der Waals surface area (Å²) in [7, 11) is 1.61. The van der Waals surface area contributed by atoms with E-state index in [0.717, 1.165) is 16.9 Å². The topological polar surface area (TPSA) is 84.5 Å². The van der Waals surface area contributed by atoms with Crippen molar-refractivity contribution in [2.75, 3.05) is 7.11 Å². The second-order valence-corrected chi connectivity index (χ2v) is 7.18. The van der Waals surface area contributed by atoms with E-state index < -0.39 is 0 Å². The third-order valence-electron chi connectivity index (χ3n) is 5.04. The zero-order valence-corrected chi connectivity index (χ0v) is 17.0. The van der Waals surface area contributed by atoms with Crippen LogP contribution in [0.3, 0.4) is 0 Å².